The van der Waals surface area contributed by atoms with E-state index in [-0.39, 0.29) is 5.60 Å². The van der Waals surface area contributed by atoms with Crippen molar-refractivity contribution in [2.45, 2.75) is 24.9 Å². The van der Waals surface area contributed by atoms with Crippen LogP contribution in [0.3, 0.4) is 0 Å². The van der Waals surface area contributed by atoms with Crippen molar-refractivity contribution >= 4 is 6.16 Å². The standard InChI is InChI=1S/C8H8O3/c9-7-10-6-3-5-1-2-8(6,4-5)11-7/h3,5H,1-2,4H2. The topological polar surface area (TPSA) is 35.5 Å². The number of ether oxygens (including phenoxy) is 2. The van der Waals surface area contributed by atoms with E-state index in [4.69, 9.17) is 9.47 Å². The minimum absolute atomic E-state index is 0.318. The Balaban J connectivity index is 2.10. The van der Waals surface area contributed by atoms with Crippen LogP contribution in [0.15, 0.2) is 11.8 Å². The third kappa shape index (κ3) is 0.526. The molecule has 1 heterocycles. The molecule has 0 aromatic carbocycles. The highest BCUT2D eigenvalue weighted by Gasteiger charge is 2.56. The average Bonchev–Trinajstić information content (AvgIpc) is 2.48. The maximum absolute atomic E-state index is 10.8. The van der Waals surface area contributed by atoms with Gasteiger partial charge < -0.3 is 9.47 Å². The van der Waals surface area contributed by atoms with Crippen LogP contribution in [-0.4, -0.2) is 11.8 Å². The Morgan fingerprint density at radius 2 is 2.55 bits per heavy atom. The molecule has 1 saturated carbocycles. The molecule has 0 amide bonds. The van der Waals surface area contributed by atoms with Crippen LogP contribution in [0.2, 0.25) is 0 Å². The minimum atomic E-state index is -0.517. The molecule has 2 fully saturated rings. The van der Waals surface area contributed by atoms with Gasteiger partial charge in [0.05, 0.1) is 0 Å². The second-order valence-corrected chi connectivity index (χ2v) is 3.48. The highest BCUT2D eigenvalue weighted by molar-refractivity contribution is 5.67. The van der Waals surface area contributed by atoms with E-state index in [1.54, 1.807) is 0 Å². The van der Waals surface area contributed by atoms with Gasteiger partial charge in [-0.25, -0.2) is 4.79 Å². The molecule has 58 valence electrons. The Morgan fingerprint density at radius 1 is 1.64 bits per heavy atom. The summed E-state index contributed by atoms with van der Waals surface area (Å²) < 4.78 is 10.0. The number of carbonyl (C=O) groups is 1. The molecule has 1 aliphatic heterocycles. The Bertz CT molecular complexity index is 269. The fourth-order valence-corrected chi connectivity index (χ4v) is 2.32. The van der Waals surface area contributed by atoms with E-state index in [1.807, 2.05) is 6.08 Å². The van der Waals surface area contributed by atoms with Crippen LogP contribution in [0.4, 0.5) is 4.79 Å². The molecule has 0 radical (unpaired) electrons. The maximum Gasteiger partial charge on any atom is 0.514 e. The SMILES string of the molecule is O=C1OC2=CC3CCC2(C3)O1. The number of fused-ring (bicyclic) bond motifs is 1. The third-order valence-electron chi connectivity index (χ3n) is 2.82. The van der Waals surface area contributed by atoms with Crippen LogP contribution in [0, 0.1) is 5.92 Å². The number of carbonyl (C=O) groups excluding carboxylic acids is 1. The van der Waals surface area contributed by atoms with Crippen LogP contribution in [-0.2, 0) is 9.47 Å². The molecular weight excluding hydrogens is 144 g/mol. The van der Waals surface area contributed by atoms with Crippen molar-refractivity contribution in [3.8, 4) is 0 Å². The molecule has 0 aromatic rings. The first-order valence-corrected chi connectivity index (χ1v) is 3.92. The third-order valence-corrected chi connectivity index (χ3v) is 2.82. The summed E-state index contributed by atoms with van der Waals surface area (Å²) in [5.74, 6) is 1.37. The van der Waals surface area contributed by atoms with Crippen molar-refractivity contribution < 1.29 is 14.3 Å². The van der Waals surface area contributed by atoms with E-state index in [2.05, 4.69) is 0 Å². The molecule has 11 heavy (non-hydrogen) atoms. The number of rotatable bonds is 0. The maximum atomic E-state index is 10.8. The first-order chi connectivity index (χ1) is 5.28. The summed E-state index contributed by atoms with van der Waals surface area (Å²) in [4.78, 5) is 10.8. The van der Waals surface area contributed by atoms with Crippen molar-refractivity contribution in [3.05, 3.63) is 11.8 Å². The molecule has 3 rings (SSSR count). The van der Waals surface area contributed by atoms with Gasteiger partial charge in [0.15, 0.2) is 11.4 Å². The van der Waals surface area contributed by atoms with Gasteiger partial charge in [0.1, 0.15) is 0 Å². The largest absolute Gasteiger partial charge is 0.514 e. The Kier molecular flexibility index (Phi) is 0.739. The van der Waals surface area contributed by atoms with Crippen LogP contribution in [0.5, 0.6) is 0 Å². The van der Waals surface area contributed by atoms with Gasteiger partial charge in [-0.3, -0.25) is 0 Å². The quantitative estimate of drug-likeness (QED) is 0.494. The average molecular weight is 152 g/mol. The Labute approximate surface area is 64.0 Å². The first-order valence-electron chi connectivity index (χ1n) is 3.92. The van der Waals surface area contributed by atoms with Gasteiger partial charge in [-0.1, -0.05) is 0 Å². The van der Waals surface area contributed by atoms with Gasteiger partial charge in [0.2, 0.25) is 0 Å². The molecule has 1 spiro atoms. The fraction of sp³-hybridized carbons (Fsp3) is 0.625. The summed E-state index contributed by atoms with van der Waals surface area (Å²) in [5.41, 5.74) is -0.318. The monoisotopic (exact) mass is 152 g/mol. The van der Waals surface area contributed by atoms with Crippen molar-refractivity contribution in [1.29, 1.82) is 0 Å². The van der Waals surface area contributed by atoms with Gasteiger partial charge in [0, 0.05) is 6.42 Å². The zero-order valence-corrected chi connectivity index (χ0v) is 6.00. The normalized spacial score (nSPS) is 44.9. The molecule has 3 aliphatic rings. The lowest BCUT2D eigenvalue weighted by Gasteiger charge is -2.16. The highest BCUT2D eigenvalue weighted by Crippen LogP contribution is 2.52. The fourth-order valence-electron chi connectivity index (χ4n) is 2.32. The van der Waals surface area contributed by atoms with Crippen molar-refractivity contribution in [2.24, 2.45) is 5.92 Å². The van der Waals surface area contributed by atoms with E-state index >= 15 is 0 Å². The van der Waals surface area contributed by atoms with E-state index in [0.29, 0.717) is 5.92 Å². The molecule has 2 bridgehead atoms. The molecule has 3 nitrogen and oxygen atoms in total. The molecular formula is C8H8O3. The van der Waals surface area contributed by atoms with Gasteiger partial charge in [0.25, 0.3) is 0 Å². The summed E-state index contributed by atoms with van der Waals surface area (Å²) in [6, 6.07) is 0. The summed E-state index contributed by atoms with van der Waals surface area (Å²) in [7, 11) is 0. The summed E-state index contributed by atoms with van der Waals surface area (Å²) in [5, 5.41) is 0. The lowest BCUT2D eigenvalue weighted by atomic mass is 10.0. The minimum Gasteiger partial charge on any atom is -0.419 e. The van der Waals surface area contributed by atoms with E-state index in [0.717, 1.165) is 25.0 Å². The first kappa shape index (κ1) is 5.63. The molecule has 2 unspecified atom stereocenters. The van der Waals surface area contributed by atoms with E-state index in [9.17, 15) is 4.79 Å². The summed E-state index contributed by atoms with van der Waals surface area (Å²) >= 11 is 0. The van der Waals surface area contributed by atoms with E-state index < -0.39 is 6.16 Å². The van der Waals surface area contributed by atoms with Crippen molar-refractivity contribution in [1.82, 2.24) is 0 Å². The molecule has 2 atom stereocenters. The van der Waals surface area contributed by atoms with Crippen molar-refractivity contribution in [3.63, 3.8) is 0 Å². The molecule has 1 saturated heterocycles. The van der Waals surface area contributed by atoms with E-state index in [1.165, 1.54) is 0 Å². The zero-order chi connectivity index (χ0) is 7.47. The second kappa shape index (κ2) is 1.44. The van der Waals surface area contributed by atoms with Crippen LogP contribution in [0.1, 0.15) is 19.3 Å². The summed E-state index contributed by atoms with van der Waals surface area (Å²) in [6.07, 6.45) is 4.56. The number of hydrogen-bond acceptors (Lipinski definition) is 3. The lowest BCUT2D eigenvalue weighted by molar-refractivity contribution is 0.0705. The van der Waals surface area contributed by atoms with Crippen LogP contribution >= 0.6 is 0 Å². The lowest BCUT2D eigenvalue weighted by Crippen LogP contribution is -2.23. The predicted molar refractivity (Wildman–Crippen MR) is 35.7 cm³/mol. The zero-order valence-electron chi connectivity index (χ0n) is 6.00. The second-order valence-electron chi connectivity index (χ2n) is 3.48. The van der Waals surface area contributed by atoms with Crippen LogP contribution in [0.25, 0.3) is 0 Å². The molecule has 3 heteroatoms. The smallest absolute Gasteiger partial charge is 0.419 e. The van der Waals surface area contributed by atoms with Gasteiger partial charge >= 0.3 is 6.16 Å². The highest BCUT2D eigenvalue weighted by atomic mass is 16.8. The van der Waals surface area contributed by atoms with Gasteiger partial charge in [-0.05, 0) is 24.8 Å². The predicted octanol–water partition coefficient (Wildman–Crippen LogP) is 1.59. The van der Waals surface area contributed by atoms with Crippen LogP contribution < -0.4 is 0 Å². The van der Waals surface area contributed by atoms with Gasteiger partial charge in [-0.15, -0.1) is 0 Å². The molecule has 2 aliphatic carbocycles. The Morgan fingerprint density at radius 3 is 3.27 bits per heavy atom. The Hall–Kier alpha value is -0.990. The number of allylic oxidation sites excluding steroid dienone is 1. The number of hydrogen-bond donors (Lipinski definition) is 0. The molecule has 0 aromatic heterocycles. The molecule has 0 N–H and O–H groups in total. The summed E-state index contributed by atoms with van der Waals surface area (Å²) in [6.45, 7) is 0. The van der Waals surface area contributed by atoms with Gasteiger partial charge in [-0.2, -0.15) is 0 Å². The van der Waals surface area contributed by atoms with Crippen molar-refractivity contribution in [2.75, 3.05) is 0 Å².